The third kappa shape index (κ3) is 42.1. The van der Waals surface area contributed by atoms with Crippen molar-refractivity contribution in [2.24, 2.45) is 0 Å². The molecular weight excluding hydrogens is 731 g/mol. The Balaban J connectivity index is 4.69. The molecule has 0 radical (unpaired) electrons. The molecule has 0 rings (SSSR count). The molecular formula is C53H95NO5. The smallest absolute Gasteiger partial charge is 0.306 e. The number of unbranched alkanes of at least 4 members (excludes halogenated alkanes) is 22. The number of nitrogens with one attached hydrogen (secondary N) is 1. The fraction of sp³-hybridized carbons (Fsp3) is 0.774. The Labute approximate surface area is 365 Å². The molecule has 0 heterocycles. The summed E-state index contributed by atoms with van der Waals surface area (Å²) in [6, 6.07) is -0.720. The lowest BCUT2D eigenvalue weighted by Crippen LogP contribution is -2.46. The van der Waals surface area contributed by atoms with Crippen molar-refractivity contribution in [2.75, 3.05) is 6.61 Å². The standard InChI is InChI=1S/C53H95NO5/c1-4-7-10-13-16-19-22-24-25-26-27-28-31-34-37-40-43-46-53(58)59-49(44-41-38-35-32-30-23-20-17-14-11-8-5-2)47-52(57)54-50(48-55)51(56)45-42-39-36-33-29-21-18-15-12-9-6-3/h16,19,24-25,27-28,32,34-35,37,49-51,55-56H,4-15,17-18,20-23,26,29-31,33,36,38-48H2,1-3H3,(H,54,57)/b19-16-,25-24-,28-27-,35-32-,37-34-. The Morgan fingerprint density at radius 3 is 1.39 bits per heavy atom. The van der Waals surface area contributed by atoms with Gasteiger partial charge in [0, 0.05) is 6.42 Å². The molecule has 0 aromatic rings. The molecule has 0 aliphatic rings. The summed E-state index contributed by atoms with van der Waals surface area (Å²) < 4.78 is 5.87. The van der Waals surface area contributed by atoms with Crippen molar-refractivity contribution >= 4 is 11.9 Å². The monoisotopic (exact) mass is 826 g/mol. The Kier molecular flexibility index (Phi) is 44.7. The third-order valence-electron chi connectivity index (χ3n) is 11.1. The van der Waals surface area contributed by atoms with E-state index in [9.17, 15) is 19.8 Å². The molecule has 0 saturated heterocycles. The highest BCUT2D eigenvalue weighted by Crippen LogP contribution is 2.16. The van der Waals surface area contributed by atoms with E-state index in [0.717, 1.165) is 64.2 Å². The summed E-state index contributed by atoms with van der Waals surface area (Å²) in [5.74, 6) is -0.571. The lowest BCUT2D eigenvalue weighted by atomic mass is 10.0. The van der Waals surface area contributed by atoms with Crippen molar-refractivity contribution < 1.29 is 24.5 Å². The average Bonchev–Trinajstić information content (AvgIpc) is 3.23. The molecule has 1 amide bonds. The zero-order valence-corrected chi connectivity index (χ0v) is 38.9. The van der Waals surface area contributed by atoms with E-state index in [1.165, 1.54) is 122 Å². The van der Waals surface area contributed by atoms with Crippen LogP contribution in [0.25, 0.3) is 0 Å². The second kappa shape index (κ2) is 46.6. The van der Waals surface area contributed by atoms with Gasteiger partial charge in [0.2, 0.25) is 5.91 Å². The minimum absolute atomic E-state index is 0.0341. The van der Waals surface area contributed by atoms with E-state index in [4.69, 9.17) is 4.74 Å². The fourth-order valence-corrected chi connectivity index (χ4v) is 7.25. The molecule has 342 valence electrons. The first-order valence-electron chi connectivity index (χ1n) is 25.0. The summed E-state index contributed by atoms with van der Waals surface area (Å²) in [6.45, 7) is 6.41. The zero-order chi connectivity index (χ0) is 43.1. The first kappa shape index (κ1) is 56.6. The number of aliphatic hydroxyl groups excluding tert-OH is 2. The van der Waals surface area contributed by atoms with Crippen LogP contribution in [-0.4, -0.2) is 46.9 Å². The molecule has 3 atom stereocenters. The van der Waals surface area contributed by atoms with E-state index in [1.807, 2.05) is 0 Å². The van der Waals surface area contributed by atoms with Crippen molar-refractivity contribution in [2.45, 2.75) is 257 Å². The molecule has 3 N–H and O–H groups in total. The van der Waals surface area contributed by atoms with Gasteiger partial charge < -0.3 is 20.3 Å². The van der Waals surface area contributed by atoms with Gasteiger partial charge in [-0.15, -0.1) is 0 Å². The first-order valence-corrected chi connectivity index (χ1v) is 25.0. The van der Waals surface area contributed by atoms with E-state index in [2.05, 4.69) is 86.8 Å². The number of amides is 1. The first-order chi connectivity index (χ1) is 29.0. The number of ether oxygens (including phenoxy) is 1. The van der Waals surface area contributed by atoms with Crippen LogP contribution in [0, 0.1) is 0 Å². The topological polar surface area (TPSA) is 95.9 Å². The van der Waals surface area contributed by atoms with E-state index in [0.29, 0.717) is 25.7 Å². The molecule has 6 heteroatoms. The van der Waals surface area contributed by atoms with E-state index >= 15 is 0 Å². The van der Waals surface area contributed by atoms with Crippen molar-refractivity contribution in [3.8, 4) is 0 Å². The summed E-state index contributed by atoms with van der Waals surface area (Å²) >= 11 is 0. The molecule has 0 aliphatic carbocycles. The Morgan fingerprint density at radius 1 is 0.492 bits per heavy atom. The van der Waals surface area contributed by atoms with E-state index in [-0.39, 0.29) is 24.9 Å². The van der Waals surface area contributed by atoms with Crippen molar-refractivity contribution in [3.05, 3.63) is 60.8 Å². The lowest BCUT2D eigenvalue weighted by molar-refractivity contribution is -0.151. The second-order valence-electron chi connectivity index (χ2n) is 16.9. The van der Waals surface area contributed by atoms with Crippen LogP contribution in [-0.2, 0) is 14.3 Å². The SMILES string of the molecule is CCCCC/C=C\C/C=C\C/C=C\C/C=C\CCCC(=O)OC(CCC/C=C\CCCCCCCCC)CC(=O)NC(CO)C(O)CCCCCCCCCCCCC. The molecule has 0 aromatic carbocycles. The second-order valence-corrected chi connectivity index (χ2v) is 16.9. The Hall–Kier alpha value is -2.44. The summed E-state index contributed by atoms with van der Waals surface area (Å²) in [7, 11) is 0. The maximum absolute atomic E-state index is 13.2. The molecule has 0 fully saturated rings. The van der Waals surface area contributed by atoms with Gasteiger partial charge in [0.1, 0.15) is 6.10 Å². The van der Waals surface area contributed by atoms with Crippen LogP contribution >= 0.6 is 0 Å². The van der Waals surface area contributed by atoms with E-state index in [1.54, 1.807) is 0 Å². The van der Waals surface area contributed by atoms with Crippen LogP contribution in [0.2, 0.25) is 0 Å². The van der Waals surface area contributed by atoms with Crippen molar-refractivity contribution in [3.63, 3.8) is 0 Å². The highest BCUT2D eigenvalue weighted by molar-refractivity contribution is 5.77. The zero-order valence-electron chi connectivity index (χ0n) is 38.9. The van der Waals surface area contributed by atoms with Crippen LogP contribution in [0.15, 0.2) is 60.8 Å². The normalized spacial score (nSPS) is 13.8. The van der Waals surface area contributed by atoms with Crippen LogP contribution < -0.4 is 5.32 Å². The van der Waals surface area contributed by atoms with E-state index < -0.39 is 18.2 Å². The number of carbonyl (C=O) groups is 2. The summed E-state index contributed by atoms with van der Waals surface area (Å²) in [4.78, 5) is 26.0. The highest BCUT2D eigenvalue weighted by atomic mass is 16.5. The Morgan fingerprint density at radius 2 is 0.881 bits per heavy atom. The molecule has 0 bridgehead atoms. The number of allylic oxidation sites excluding steroid dienone is 10. The predicted octanol–water partition coefficient (Wildman–Crippen LogP) is 14.8. The number of hydrogen-bond donors (Lipinski definition) is 3. The van der Waals surface area contributed by atoms with Crippen LogP contribution in [0.1, 0.15) is 239 Å². The van der Waals surface area contributed by atoms with Crippen molar-refractivity contribution in [1.82, 2.24) is 5.32 Å². The van der Waals surface area contributed by atoms with Gasteiger partial charge in [-0.3, -0.25) is 9.59 Å². The minimum Gasteiger partial charge on any atom is -0.462 e. The molecule has 0 aliphatic heterocycles. The molecule has 0 aromatic heterocycles. The molecule has 59 heavy (non-hydrogen) atoms. The highest BCUT2D eigenvalue weighted by Gasteiger charge is 2.24. The van der Waals surface area contributed by atoms with Crippen molar-refractivity contribution in [1.29, 1.82) is 0 Å². The van der Waals surface area contributed by atoms with Gasteiger partial charge in [0.05, 0.1) is 25.2 Å². The predicted molar refractivity (Wildman–Crippen MR) is 255 cm³/mol. The number of aliphatic hydroxyl groups is 2. The molecule has 6 nitrogen and oxygen atoms in total. The largest absolute Gasteiger partial charge is 0.462 e. The van der Waals surface area contributed by atoms with Gasteiger partial charge >= 0.3 is 5.97 Å². The van der Waals surface area contributed by atoms with Gasteiger partial charge in [-0.2, -0.15) is 0 Å². The lowest BCUT2D eigenvalue weighted by Gasteiger charge is -2.24. The van der Waals surface area contributed by atoms with Crippen LogP contribution in [0.3, 0.4) is 0 Å². The average molecular weight is 826 g/mol. The quantitative estimate of drug-likeness (QED) is 0.0323. The molecule has 0 spiro atoms. The summed E-state index contributed by atoms with van der Waals surface area (Å²) in [5.41, 5.74) is 0. The van der Waals surface area contributed by atoms with Crippen LogP contribution in [0.5, 0.6) is 0 Å². The van der Waals surface area contributed by atoms with Gasteiger partial charge in [-0.1, -0.05) is 204 Å². The summed E-state index contributed by atoms with van der Waals surface area (Å²) in [5, 5.41) is 23.7. The van der Waals surface area contributed by atoms with Gasteiger partial charge in [0.25, 0.3) is 0 Å². The fourth-order valence-electron chi connectivity index (χ4n) is 7.25. The molecule has 0 saturated carbocycles. The van der Waals surface area contributed by atoms with Gasteiger partial charge in [0.15, 0.2) is 0 Å². The maximum Gasteiger partial charge on any atom is 0.306 e. The van der Waals surface area contributed by atoms with Gasteiger partial charge in [-0.25, -0.2) is 0 Å². The number of rotatable bonds is 44. The number of carbonyl (C=O) groups excluding carboxylic acids is 2. The summed E-state index contributed by atoms with van der Waals surface area (Å²) in [6.07, 6.45) is 57.1. The Bertz CT molecular complexity index is 1060. The number of hydrogen-bond acceptors (Lipinski definition) is 5. The molecule has 3 unspecified atom stereocenters. The minimum atomic E-state index is -0.803. The number of esters is 1. The van der Waals surface area contributed by atoms with Gasteiger partial charge in [-0.05, 0) is 83.5 Å². The third-order valence-corrected chi connectivity index (χ3v) is 11.1. The maximum atomic E-state index is 13.2. The van der Waals surface area contributed by atoms with Crippen LogP contribution in [0.4, 0.5) is 0 Å².